The molecule has 0 aliphatic heterocycles. The number of hydrogen-bond donors (Lipinski definition) is 2. The summed E-state index contributed by atoms with van der Waals surface area (Å²) in [6.45, 7) is 8.62. The highest BCUT2D eigenvalue weighted by atomic mass is 32.2. The lowest BCUT2D eigenvalue weighted by Gasteiger charge is -2.16. The van der Waals surface area contributed by atoms with Crippen molar-refractivity contribution in [2.24, 2.45) is 0 Å². The van der Waals surface area contributed by atoms with Crippen LogP contribution in [0.25, 0.3) is 0 Å². The van der Waals surface area contributed by atoms with Gasteiger partial charge in [-0.25, -0.2) is 17.9 Å². The van der Waals surface area contributed by atoms with Gasteiger partial charge in [0.25, 0.3) is 5.91 Å². The Bertz CT molecular complexity index is 1080. The maximum Gasteiger partial charge on any atom is 0.339 e. The molecule has 2 N–H and O–H groups in total. The van der Waals surface area contributed by atoms with Crippen molar-refractivity contribution in [1.82, 2.24) is 4.72 Å². The molecule has 0 aliphatic carbocycles. The molecule has 0 fully saturated rings. The molecule has 10 heteroatoms. The van der Waals surface area contributed by atoms with Gasteiger partial charge in [0.2, 0.25) is 10.0 Å². The van der Waals surface area contributed by atoms with E-state index < -0.39 is 28.0 Å². The van der Waals surface area contributed by atoms with Crippen molar-refractivity contribution in [2.75, 3.05) is 12.4 Å². The largest absolute Gasteiger partial charge is 0.493 e. The van der Waals surface area contributed by atoms with E-state index in [4.69, 9.17) is 14.2 Å². The van der Waals surface area contributed by atoms with Gasteiger partial charge >= 0.3 is 5.97 Å². The summed E-state index contributed by atoms with van der Waals surface area (Å²) < 4.78 is 43.0. The van der Waals surface area contributed by atoms with Crippen molar-refractivity contribution in [2.45, 2.75) is 57.8 Å². The number of nitrogens with one attached hydrogen (secondary N) is 2. The van der Waals surface area contributed by atoms with Crippen LogP contribution in [0.4, 0.5) is 5.69 Å². The minimum Gasteiger partial charge on any atom is -0.493 e. The predicted molar refractivity (Wildman–Crippen MR) is 124 cm³/mol. The Morgan fingerprint density at radius 2 is 1.55 bits per heavy atom. The van der Waals surface area contributed by atoms with Crippen LogP contribution >= 0.6 is 0 Å². The molecule has 2 rings (SSSR count). The van der Waals surface area contributed by atoms with E-state index in [0.717, 1.165) is 0 Å². The maximum absolute atomic E-state index is 12.5. The molecule has 0 radical (unpaired) electrons. The zero-order valence-corrected chi connectivity index (χ0v) is 20.4. The van der Waals surface area contributed by atoms with Gasteiger partial charge in [0.1, 0.15) is 0 Å². The van der Waals surface area contributed by atoms with Crippen molar-refractivity contribution in [1.29, 1.82) is 0 Å². The van der Waals surface area contributed by atoms with Crippen molar-refractivity contribution in [3.05, 3.63) is 48.0 Å². The first kappa shape index (κ1) is 26.1. The molecule has 0 aromatic heterocycles. The number of esters is 1. The number of anilines is 1. The molecule has 0 aliphatic rings. The summed E-state index contributed by atoms with van der Waals surface area (Å²) in [6.07, 6.45) is -1.16. The lowest BCUT2D eigenvalue weighted by Crippen LogP contribution is -2.30. The zero-order chi connectivity index (χ0) is 24.8. The molecule has 1 atom stereocenters. The Balaban J connectivity index is 2.02. The first-order valence-corrected chi connectivity index (χ1v) is 11.9. The van der Waals surface area contributed by atoms with Gasteiger partial charge in [-0.2, -0.15) is 0 Å². The van der Waals surface area contributed by atoms with Gasteiger partial charge in [0.15, 0.2) is 17.6 Å². The van der Waals surface area contributed by atoms with E-state index in [2.05, 4.69) is 10.0 Å². The van der Waals surface area contributed by atoms with Gasteiger partial charge in [-0.15, -0.1) is 0 Å². The van der Waals surface area contributed by atoms with E-state index in [0.29, 0.717) is 17.2 Å². The van der Waals surface area contributed by atoms with Crippen LogP contribution in [-0.2, 0) is 19.6 Å². The summed E-state index contributed by atoms with van der Waals surface area (Å²) in [6, 6.07) is 10.0. The van der Waals surface area contributed by atoms with E-state index in [1.54, 1.807) is 19.9 Å². The number of hydrogen-bond acceptors (Lipinski definition) is 7. The van der Waals surface area contributed by atoms with E-state index >= 15 is 0 Å². The summed E-state index contributed by atoms with van der Waals surface area (Å²) in [5.74, 6) is -0.402. The van der Waals surface area contributed by atoms with Crippen LogP contribution in [-0.4, -0.2) is 45.7 Å². The Labute approximate surface area is 194 Å². The van der Waals surface area contributed by atoms with E-state index in [1.807, 2.05) is 13.8 Å². The molecule has 33 heavy (non-hydrogen) atoms. The quantitative estimate of drug-likeness (QED) is 0.503. The summed E-state index contributed by atoms with van der Waals surface area (Å²) in [5.41, 5.74) is 0.568. The van der Waals surface area contributed by atoms with Crippen LogP contribution in [0, 0.1) is 0 Å². The topological polar surface area (TPSA) is 120 Å². The Morgan fingerprint density at radius 3 is 2.09 bits per heavy atom. The van der Waals surface area contributed by atoms with Gasteiger partial charge in [0.05, 0.1) is 23.7 Å². The lowest BCUT2D eigenvalue weighted by atomic mass is 10.2. The third-order valence-corrected chi connectivity index (χ3v) is 5.91. The van der Waals surface area contributed by atoms with Crippen LogP contribution in [0.5, 0.6) is 11.5 Å². The fourth-order valence-electron chi connectivity index (χ4n) is 2.77. The standard InChI is InChI=1S/C23H30N2O7S/c1-14(2)25-33(28,29)19-10-8-18(9-11-19)24-22(26)16(5)32-23(27)17-7-12-20(31-15(3)4)21(13-17)30-6/h7-16,25H,1-6H3,(H,24,26). The molecule has 0 saturated heterocycles. The van der Waals surface area contributed by atoms with E-state index in [-0.39, 0.29) is 22.6 Å². The molecular formula is C23H30N2O7S. The monoisotopic (exact) mass is 478 g/mol. The number of rotatable bonds is 10. The third-order valence-electron chi connectivity index (χ3n) is 4.24. The predicted octanol–water partition coefficient (Wildman–Crippen LogP) is 3.35. The fourth-order valence-corrected chi connectivity index (χ4v) is 4.02. The van der Waals surface area contributed by atoms with Gasteiger partial charge in [-0.3, -0.25) is 4.79 Å². The van der Waals surface area contributed by atoms with Gasteiger partial charge in [-0.1, -0.05) is 0 Å². The number of methoxy groups -OCH3 is 1. The highest BCUT2D eigenvalue weighted by Gasteiger charge is 2.21. The van der Waals surface area contributed by atoms with Gasteiger partial charge in [0, 0.05) is 11.7 Å². The average molecular weight is 479 g/mol. The van der Waals surface area contributed by atoms with E-state index in [9.17, 15) is 18.0 Å². The first-order valence-electron chi connectivity index (χ1n) is 10.4. The van der Waals surface area contributed by atoms with Crippen molar-refractivity contribution < 1.29 is 32.2 Å². The number of ether oxygens (including phenoxy) is 3. The zero-order valence-electron chi connectivity index (χ0n) is 19.5. The normalized spacial score (nSPS) is 12.4. The molecule has 1 unspecified atom stereocenters. The molecular weight excluding hydrogens is 448 g/mol. The lowest BCUT2D eigenvalue weighted by molar-refractivity contribution is -0.123. The maximum atomic E-state index is 12.5. The number of carbonyl (C=O) groups excluding carboxylic acids is 2. The van der Waals surface area contributed by atoms with Gasteiger partial charge < -0.3 is 19.5 Å². The van der Waals surface area contributed by atoms with Crippen LogP contribution in [0.2, 0.25) is 0 Å². The average Bonchev–Trinajstić information content (AvgIpc) is 2.73. The van der Waals surface area contributed by atoms with Crippen LogP contribution in [0.15, 0.2) is 47.4 Å². The SMILES string of the molecule is COc1cc(C(=O)OC(C)C(=O)Nc2ccc(S(=O)(=O)NC(C)C)cc2)ccc1OC(C)C. The second kappa shape index (κ2) is 11.2. The number of benzene rings is 2. The van der Waals surface area contributed by atoms with Crippen molar-refractivity contribution in [3.63, 3.8) is 0 Å². The minimum atomic E-state index is -3.63. The summed E-state index contributed by atoms with van der Waals surface area (Å²) in [7, 11) is -2.17. The molecule has 2 aromatic carbocycles. The highest BCUT2D eigenvalue weighted by molar-refractivity contribution is 7.89. The van der Waals surface area contributed by atoms with Crippen LogP contribution < -0.4 is 19.5 Å². The Kier molecular flexibility index (Phi) is 8.84. The summed E-state index contributed by atoms with van der Waals surface area (Å²) in [4.78, 5) is 25.0. The molecule has 9 nitrogen and oxygen atoms in total. The Morgan fingerprint density at radius 1 is 0.909 bits per heavy atom. The van der Waals surface area contributed by atoms with Crippen LogP contribution in [0.1, 0.15) is 45.0 Å². The molecule has 180 valence electrons. The molecule has 0 bridgehead atoms. The smallest absolute Gasteiger partial charge is 0.339 e. The van der Waals surface area contributed by atoms with Gasteiger partial charge in [-0.05, 0) is 77.1 Å². The molecule has 0 heterocycles. The number of carbonyl (C=O) groups is 2. The molecule has 1 amide bonds. The summed E-state index contributed by atoms with van der Waals surface area (Å²) >= 11 is 0. The minimum absolute atomic E-state index is 0.0685. The van der Waals surface area contributed by atoms with E-state index in [1.165, 1.54) is 50.4 Å². The second-order valence-corrected chi connectivity index (χ2v) is 9.58. The van der Waals surface area contributed by atoms with Crippen molar-refractivity contribution in [3.8, 4) is 11.5 Å². The summed E-state index contributed by atoms with van der Waals surface area (Å²) in [5, 5.41) is 2.60. The molecule has 0 saturated carbocycles. The highest BCUT2D eigenvalue weighted by Crippen LogP contribution is 2.29. The first-order chi connectivity index (χ1) is 15.4. The second-order valence-electron chi connectivity index (χ2n) is 7.87. The van der Waals surface area contributed by atoms with Crippen LogP contribution in [0.3, 0.4) is 0 Å². The Hall–Kier alpha value is -3.11. The number of sulfonamides is 1. The molecule has 0 spiro atoms. The molecule has 2 aromatic rings. The third kappa shape index (κ3) is 7.47. The fraction of sp³-hybridized carbons (Fsp3) is 0.391. The number of amides is 1. The van der Waals surface area contributed by atoms with Crippen molar-refractivity contribution >= 4 is 27.6 Å².